The van der Waals surface area contributed by atoms with Crippen LogP contribution >= 0.6 is 0 Å². The van der Waals surface area contributed by atoms with Gasteiger partial charge in [-0.3, -0.25) is 9.59 Å². The molecule has 0 saturated carbocycles. The maximum absolute atomic E-state index is 11.7. The molecule has 1 aromatic rings. The molecule has 14 heteroatoms. The molecule has 1 aromatic carbocycles. The summed E-state index contributed by atoms with van der Waals surface area (Å²) in [6.07, 6.45) is 11.7. The molecule has 11 nitrogen and oxygen atoms in total. The van der Waals surface area contributed by atoms with Gasteiger partial charge < -0.3 is 60.6 Å². The molecule has 0 atom stereocenters. The van der Waals surface area contributed by atoms with Crippen molar-refractivity contribution in [2.45, 2.75) is 71.4 Å². The minimum absolute atomic E-state index is 0. The predicted molar refractivity (Wildman–Crippen MR) is 166 cm³/mol. The van der Waals surface area contributed by atoms with E-state index in [0.29, 0.717) is 0 Å². The summed E-state index contributed by atoms with van der Waals surface area (Å²) in [6.45, 7) is 8.28. The van der Waals surface area contributed by atoms with Gasteiger partial charge in [0, 0.05) is 127 Å². The van der Waals surface area contributed by atoms with Crippen LogP contribution in [0.3, 0.4) is 0 Å². The van der Waals surface area contributed by atoms with E-state index in [2.05, 4.69) is 49.5 Å². The monoisotopic (exact) mass is 1030 g/mol. The van der Waals surface area contributed by atoms with Gasteiger partial charge in [-0.05, 0) is 37.1 Å². The normalized spacial score (nSPS) is 19.8. The van der Waals surface area contributed by atoms with E-state index in [-0.39, 0.29) is 93.1 Å². The average molecular weight is 1030 g/mol. The van der Waals surface area contributed by atoms with E-state index in [1.54, 1.807) is 6.08 Å². The molecule has 1 radical (unpaired) electrons. The van der Waals surface area contributed by atoms with Crippen molar-refractivity contribution in [3.63, 3.8) is 0 Å². The van der Waals surface area contributed by atoms with Crippen LogP contribution < -0.4 is 29.3 Å². The second-order valence-electron chi connectivity index (χ2n) is 11.3. The number of rotatable bonds is 4. The maximum Gasteiger partial charge on any atom is 0.348 e. The standard InChI is InChI=1S/C13H16N2.C13H17NO4.C6H8O4.CH3.HI.U.V/c1-15-11-5-8-13(15)9-10-14-12-6-3-2-4-7-12;1-13(2)17-11(15)10(12(16)18-13)7-6-9-5-4-8-14(9)3;1-6(2)9-4(7)3-5(8)10-6;;;;/h2-4,6-7,9-10H,5,8,11H2,1H3;6-7H,4-5,8H2,1-3H3;3H2,1-2H3;1H3;1H;;/q;;;-1;;;/b;9-6+;;;;;. The molecule has 4 aliphatic rings. The van der Waals surface area contributed by atoms with E-state index in [4.69, 9.17) is 9.47 Å². The molecule has 0 aliphatic carbocycles. The topological polar surface area (TPSA) is 123 Å². The van der Waals surface area contributed by atoms with Crippen molar-refractivity contribution in [1.82, 2.24) is 4.90 Å². The first-order valence-corrected chi connectivity index (χ1v) is 14.3. The zero-order valence-electron chi connectivity index (χ0n) is 28.1. The van der Waals surface area contributed by atoms with Gasteiger partial charge in [0.1, 0.15) is 25.6 Å². The van der Waals surface area contributed by atoms with E-state index in [1.807, 2.05) is 31.4 Å². The van der Waals surface area contributed by atoms with Crippen molar-refractivity contribution in [2.24, 2.45) is 0 Å². The largest absolute Gasteiger partial charge is 1.00 e. The van der Waals surface area contributed by atoms with Gasteiger partial charge >= 0.3 is 23.9 Å². The summed E-state index contributed by atoms with van der Waals surface area (Å²) >= 11 is 0. The number of hydrogen-bond donors (Lipinski definition) is 1. The summed E-state index contributed by atoms with van der Waals surface area (Å²) < 4.78 is 21.6. The number of cyclic esters (lactones) is 4. The first-order chi connectivity index (χ1) is 20.2. The Balaban J connectivity index is 0. The predicted octanol–water partition coefficient (Wildman–Crippen LogP) is 1.51. The number of hydrogen-bond acceptors (Lipinski definition) is 10. The molecular formula is C33H45IN3O8UV-. The number of ether oxygens (including phenoxy) is 4. The molecule has 0 bridgehead atoms. The van der Waals surface area contributed by atoms with Crippen LogP contribution in [0.25, 0.3) is 0 Å². The van der Waals surface area contributed by atoms with E-state index < -0.39 is 35.5 Å². The van der Waals surface area contributed by atoms with E-state index in [9.17, 15) is 19.2 Å². The van der Waals surface area contributed by atoms with Crippen LogP contribution in [-0.2, 0) is 56.7 Å². The van der Waals surface area contributed by atoms with Crippen molar-refractivity contribution in [2.75, 3.05) is 32.5 Å². The summed E-state index contributed by atoms with van der Waals surface area (Å²) in [6, 6.07) is 10.2. The Morgan fingerprint density at radius 2 is 1.40 bits per heavy atom. The van der Waals surface area contributed by atoms with Gasteiger partial charge in [-0.1, -0.05) is 18.2 Å². The van der Waals surface area contributed by atoms with Crippen LogP contribution in [0.4, 0.5) is 5.69 Å². The number of allylic oxidation sites excluding steroid dienone is 4. The summed E-state index contributed by atoms with van der Waals surface area (Å²) in [7, 11) is 4.13. The smallest absolute Gasteiger partial charge is 0.348 e. The number of anilines is 1. The van der Waals surface area contributed by atoms with Crippen LogP contribution in [0.15, 0.2) is 66.0 Å². The third-order valence-corrected chi connectivity index (χ3v) is 6.70. The van der Waals surface area contributed by atoms with Crippen LogP contribution in [0.1, 0.15) is 59.8 Å². The second kappa shape index (κ2) is 21.8. The molecule has 47 heavy (non-hydrogen) atoms. The number of halogens is 1. The molecule has 257 valence electrons. The Labute approximate surface area is 331 Å². The van der Waals surface area contributed by atoms with Crippen molar-refractivity contribution >= 4 is 35.3 Å². The molecule has 0 unspecified atom stereocenters. The number of nitrogens with zero attached hydrogens (tertiary/aromatic N) is 2. The second-order valence-corrected chi connectivity index (χ2v) is 11.3. The molecule has 0 amide bonds. The van der Waals surface area contributed by atoms with Crippen molar-refractivity contribution in [3.05, 3.63) is 73.5 Å². The Hall–Kier alpha value is -2.04. The molecule has 4 aliphatic heterocycles. The first kappa shape index (κ1) is 47.1. The number of esters is 4. The molecule has 0 spiro atoms. The van der Waals surface area contributed by atoms with Gasteiger partial charge in [0.05, 0.1) is 0 Å². The number of benzene rings is 1. The third-order valence-electron chi connectivity index (χ3n) is 6.70. The van der Waals surface area contributed by atoms with Crippen LogP contribution in [0, 0.1) is 38.5 Å². The first-order valence-electron chi connectivity index (χ1n) is 14.3. The van der Waals surface area contributed by atoms with E-state index in [1.165, 1.54) is 58.9 Å². The molecular weight excluding hydrogens is 982 g/mol. The van der Waals surface area contributed by atoms with Crippen molar-refractivity contribution < 1.29 is 116 Å². The van der Waals surface area contributed by atoms with Gasteiger partial charge in [-0.15, -0.1) is 0 Å². The Kier molecular flexibility index (Phi) is 21.9. The fourth-order valence-corrected chi connectivity index (χ4v) is 4.59. The van der Waals surface area contributed by atoms with Gasteiger partial charge in [0.2, 0.25) is 0 Å². The Bertz CT molecular complexity index is 1310. The summed E-state index contributed by atoms with van der Waals surface area (Å²) in [4.78, 5) is 46.6. The zero-order chi connectivity index (χ0) is 31.6. The van der Waals surface area contributed by atoms with Gasteiger partial charge in [-0.2, -0.15) is 0 Å². The molecule has 3 fully saturated rings. The molecule has 4 heterocycles. The molecule has 0 aromatic heterocycles. The third kappa shape index (κ3) is 16.3. The Morgan fingerprint density at radius 3 is 1.87 bits per heavy atom. The van der Waals surface area contributed by atoms with E-state index in [0.717, 1.165) is 30.8 Å². The number of nitrogens with one attached hydrogen (secondary N) is 1. The quantitative estimate of drug-likeness (QED) is 0.0905. The minimum Gasteiger partial charge on any atom is -1.00 e. The fourth-order valence-electron chi connectivity index (χ4n) is 4.59. The van der Waals surface area contributed by atoms with Crippen molar-refractivity contribution in [1.29, 1.82) is 0 Å². The number of likely N-dealkylation sites (tertiary alicyclic amines) is 1. The fraction of sp³-hybridized carbons (Fsp3) is 0.455. The average Bonchev–Trinajstić information content (AvgIpc) is 3.50. The maximum atomic E-state index is 11.7. The summed E-state index contributed by atoms with van der Waals surface area (Å²) in [5.41, 5.74) is 3.60. The van der Waals surface area contributed by atoms with Crippen LogP contribution in [0.2, 0.25) is 0 Å². The zero-order valence-corrected chi connectivity index (χ0v) is 35.8. The number of carbonyl (C=O) groups excluding carboxylic acids is 4. The van der Waals surface area contributed by atoms with Crippen LogP contribution in [-0.4, -0.2) is 77.8 Å². The van der Waals surface area contributed by atoms with Gasteiger partial charge in [0.15, 0.2) is 5.71 Å². The van der Waals surface area contributed by atoms with E-state index >= 15 is 0 Å². The SMILES string of the molecule is CC1(C)OC(=O)CC(=O)O1.CN1CCC/C1=C\C=C1C(=O)OC(C)(C)OC1=O.C[N+]1=C(/C=C/Nc2ccccc2)CCC1.[CH3-].[I-].[U].[V]. The summed E-state index contributed by atoms with van der Waals surface area (Å²) in [5.74, 6) is -4.57. The van der Waals surface area contributed by atoms with Gasteiger partial charge in [-0.25, -0.2) is 14.2 Å². The molecule has 1 N–H and O–H groups in total. The van der Waals surface area contributed by atoms with Crippen LogP contribution in [0.5, 0.6) is 0 Å². The number of para-hydroxylation sites is 1. The van der Waals surface area contributed by atoms with Gasteiger partial charge in [0.25, 0.3) is 11.6 Å². The Morgan fingerprint density at radius 1 is 0.851 bits per heavy atom. The van der Waals surface area contributed by atoms with Crippen molar-refractivity contribution in [3.8, 4) is 0 Å². The minimum atomic E-state index is -1.18. The summed E-state index contributed by atoms with van der Waals surface area (Å²) in [5, 5.41) is 3.26. The number of carbonyl (C=O) groups is 4. The molecule has 5 rings (SSSR count). The molecule has 3 saturated heterocycles.